The van der Waals surface area contributed by atoms with Crippen molar-refractivity contribution in [1.29, 1.82) is 0 Å². The van der Waals surface area contributed by atoms with Gasteiger partial charge in [0.2, 0.25) is 0 Å². The first-order valence-corrected chi connectivity index (χ1v) is 8.83. The summed E-state index contributed by atoms with van der Waals surface area (Å²) in [7, 11) is 0. The molecule has 0 aliphatic rings. The molecule has 0 heterocycles. The predicted molar refractivity (Wildman–Crippen MR) is 103 cm³/mol. The number of nitrogens with one attached hydrogen (secondary N) is 1. The number of hydrogen-bond acceptors (Lipinski definition) is 5. The molecule has 0 radical (unpaired) electrons. The minimum Gasteiger partial charge on any atom is -0.492 e. The molecular weight excluding hydrogens is 346 g/mol. The molecule has 0 aromatic heterocycles. The van der Waals surface area contributed by atoms with Crippen LogP contribution < -0.4 is 14.8 Å². The number of para-hydroxylation sites is 2. The maximum atomic E-state index is 12.3. The third-order valence-electron chi connectivity index (χ3n) is 3.81. The Kier molecular flexibility index (Phi) is 7.23. The number of aryl methyl sites for hydroxylation is 2. The Morgan fingerprint density at radius 1 is 1.04 bits per heavy atom. The highest BCUT2D eigenvalue weighted by molar-refractivity contribution is 5.96. The minimum atomic E-state index is -0.964. The van der Waals surface area contributed by atoms with Gasteiger partial charge in [-0.25, -0.2) is 4.79 Å². The molecule has 6 heteroatoms. The molecule has 2 aromatic rings. The molecule has 1 N–H and O–H groups in total. The Morgan fingerprint density at radius 2 is 1.78 bits per heavy atom. The number of anilines is 1. The molecule has 0 fully saturated rings. The van der Waals surface area contributed by atoms with Crippen LogP contribution in [-0.2, 0) is 14.3 Å². The van der Waals surface area contributed by atoms with Crippen molar-refractivity contribution in [3.8, 4) is 11.5 Å². The molecule has 2 aromatic carbocycles. The fraction of sp³-hybridized carbons (Fsp3) is 0.333. The monoisotopic (exact) mass is 371 g/mol. The molecule has 0 aliphatic carbocycles. The average Bonchev–Trinajstić information content (AvgIpc) is 2.64. The number of esters is 1. The van der Waals surface area contributed by atoms with Crippen LogP contribution in [0.5, 0.6) is 11.5 Å². The standard InChI is InChI=1S/C21H25NO5/c1-5-25-18-9-7-6-8-17(18)22-21(24)16(4)27-20(23)13-26-19-12-14(2)10-11-15(19)3/h6-12,16H,5,13H2,1-4H3,(H,22,24). The van der Waals surface area contributed by atoms with Crippen molar-refractivity contribution in [3.05, 3.63) is 53.6 Å². The van der Waals surface area contributed by atoms with E-state index in [1.165, 1.54) is 6.92 Å². The Balaban J connectivity index is 1.88. The van der Waals surface area contributed by atoms with E-state index in [0.29, 0.717) is 23.8 Å². The number of amides is 1. The third-order valence-corrected chi connectivity index (χ3v) is 3.81. The van der Waals surface area contributed by atoms with Crippen LogP contribution in [0.2, 0.25) is 0 Å². The summed E-state index contributed by atoms with van der Waals surface area (Å²) < 4.78 is 16.1. The Hall–Kier alpha value is -3.02. The number of carbonyl (C=O) groups excluding carboxylic acids is 2. The van der Waals surface area contributed by atoms with E-state index in [1.807, 2.05) is 45.0 Å². The second-order valence-corrected chi connectivity index (χ2v) is 6.11. The van der Waals surface area contributed by atoms with Gasteiger partial charge >= 0.3 is 5.97 Å². The molecule has 144 valence electrons. The zero-order chi connectivity index (χ0) is 19.8. The molecule has 0 saturated heterocycles. The van der Waals surface area contributed by atoms with Gasteiger partial charge in [0.15, 0.2) is 12.7 Å². The Morgan fingerprint density at radius 3 is 2.52 bits per heavy atom. The van der Waals surface area contributed by atoms with Crippen molar-refractivity contribution < 1.29 is 23.8 Å². The van der Waals surface area contributed by atoms with E-state index in [2.05, 4.69) is 5.32 Å². The quantitative estimate of drug-likeness (QED) is 0.717. The molecule has 6 nitrogen and oxygen atoms in total. The van der Waals surface area contributed by atoms with Crippen LogP contribution in [0.25, 0.3) is 0 Å². The maximum Gasteiger partial charge on any atom is 0.344 e. The Bertz CT molecular complexity index is 803. The fourth-order valence-corrected chi connectivity index (χ4v) is 2.37. The minimum absolute atomic E-state index is 0.266. The van der Waals surface area contributed by atoms with Crippen LogP contribution in [0.4, 0.5) is 5.69 Å². The van der Waals surface area contributed by atoms with E-state index in [0.717, 1.165) is 11.1 Å². The van der Waals surface area contributed by atoms with Gasteiger partial charge in [0.1, 0.15) is 11.5 Å². The first-order valence-electron chi connectivity index (χ1n) is 8.83. The van der Waals surface area contributed by atoms with Crippen LogP contribution in [-0.4, -0.2) is 31.2 Å². The van der Waals surface area contributed by atoms with E-state index in [-0.39, 0.29) is 6.61 Å². The van der Waals surface area contributed by atoms with Gasteiger partial charge in [-0.05, 0) is 57.0 Å². The van der Waals surface area contributed by atoms with E-state index >= 15 is 0 Å². The second-order valence-electron chi connectivity index (χ2n) is 6.11. The summed E-state index contributed by atoms with van der Waals surface area (Å²) in [5, 5.41) is 2.71. The third kappa shape index (κ3) is 6.02. The molecule has 27 heavy (non-hydrogen) atoms. The lowest BCUT2D eigenvalue weighted by molar-refractivity contribution is -0.155. The summed E-state index contributed by atoms with van der Waals surface area (Å²) in [4.78, 5) is 24.3. The zero-order valence-electron chi connectivity index (χ0n) is 16.1. The molecule has 0 saturated carbocycles. The van der Waals surface area contributed by atoms with E-state index < -0.39 is 18.0 Å². The molecule has 2 rings (SSSR count). The lowest BCUT2D eigenvalue weighted by Crippen LogP contribution is -2.31. The van der Waals surface area contributed by atoms with Gasteiger partial charge in [-0.1, -0.05) is 24.3 Å². The van der Waals surface area contributed by atoms with Gasteiger partial charge in [-0.3, -0.25) is 4.79 Å². The molecule has 0 bridgehead atoms. The van der Waals surface area contributed by atoms with Gasteiger partial charge in [0, 0.05) is 0 Å². The van der Waals surface area contributed by atoms with Crippen LogP contribution in [0.15, 0.2) is 42.5 Å². The summed E-state index contributed by atoms with van der Waals surface area (Å²) in [5.74, 6) is 0.124. The van der Waals surface area contributed by atoms with Crippen LogP contribution >= 0.6 is 0 Å². The lowest BCUT2D eigenvalue weighted by Gasteiger charge is -2.16. The van der Waals surface area contributed by atoms with Gasteiger partial charge in [0.25, 0.3) is 5.91 Å². The molecule has 1 unspecified atom stereocenters. The van der Waals surface area contributed by atoms with Crippen LogP contribution in [0.3, 0.4) is 0 Å². The first kappa shape index (κ1) is 20.3. The van der Waals surface area contributed by atoms with Gasteiger partial charge in [0.05, 0.1) is 12.3 Å². The largest absolute Gasteiger partial charge is 0.492 e. The Labute approximate surface area is 159 Å². The summed E-state index contributed by atoms with van der Waals surface area (Å²) in [5.41, 5.74) is 2.48. The SMILES string of the molecule is CCOc1ccccc1NC(=O)C(C)OC(=O)COc1cc(C)ccc1C. The predicted octanol–water partition coefficient (Wildman–Crippen LogP) is 3.65. The number of ether oxygens (including phenoxy) is 3. The maximum absolute atomic E-state index is 12.3. The number of hydrogen-bond donors (Lipinski definition) is 1. The fourth-order valence-electron chi connectivity index (χ4n) is 2.37. The van der Waals surface area contributed by atoms with Crippen molar-refractivity contribution in [2.24, 2.45) is 0 Å². The highest BCUT2D eigenvalue weighted by Gasteiger charge is 2.19. The van der Waals surface area contributed by atoms with Crippen LogP contribution in [0, 0.1) is 13.8 Å². The van der Waals surface area contributed by atoms with Crippen LogP contribution in [0.1, 0.15) is 25.0 Å². The number of rotatable bonds is 8. The topological polar surface area (TPSA) is 73.9 Å². The van der Waals surface area contributed by atoms with Crippen molar-refractivity contribution >= 4 is 17.6 Å². The van der Waals surface area contributed by atoms with Gasteiger partial charge in [-0.15, -0.1) is 0 Å². The summed E-state index contributed by atoms with van der Waals surface area (Å²) in [6.45, 7) is 7.42. The highest BCUT2D eigenvalue weighted by atomic mass is 16.6. The van der Waals surface area contributed by atoms with Gasteiger partial charge < -0.3 is 19.5 Å². The van der Waals surface area contributed by atoms with E-state index in [1.54, 1.807) is 18.2 Å². The zero-order valence-corrected chi connectivity index (χ0v) is 16.1. The number of benzene rings is 2. The molecule has 0 spiro atoms. The molecule has 0 aliphatic heterocycles. The van der Waals surface area contributed by atoms with Crippen molar-refractivity contribution in [2.75, 3.05) is 18.5 Å². The lowest BCUT2D eigenvalue weighted by atomic mass is 10.1. The van der Waals surface area contributed by atoms with Gasteiger partial charge in [-0.2, -0.15) is 0 Å². The molecular formula is C21H25NO5. The normalized spacial score (nSPS) is 11.4. The summed E-state index contributed by atoms with van der Waals surface area (Å²) in [6, 6.07) is 12.8. The number of carbonyl (C=O) groups is 2. The smallest absolute Gasteiger partial charge is 0.344 e. The first-order chi connectivity index (χ1) is 12.9. The summed E-state index contributed by atoms with van der Waals surface area (Å²) >= 11 is 0. The second kappa shape index (κ2) is 9.62. The highest BCUT2D eigenvalue weighted by Crippen LogP contribution is 2.24. The average molecular weight is 371 g/mol. The van der Waals surface area contributed by atoms with E-state index in [4.69, 9.17) is 14.2 Å². The summed E-state index contributed by atoms with van der Waals surface area (Å²) in [6.07, 6.45) is -0.964. The van der Waals surface area contributed by atoms with Crippen molar-refractivity contribution in [1.82, 2.24) is 0 Å². The van der Waals surface area contributed by atoms with E-state index in [9.17, 15) is 9.59 Å². The van der Waals surface area contributed by atoms with Crippen molar-refractivity contribution in [3.63, 3.8) is 0 Å². The molecule has 1 amide bonds. The molecule has 1 atom stereocenters. The van der Waals surface area contributed by atoms with Crippen molar-refractivity contribution in [2.45, 2.75) is 33.8 Å².